The number of aromatic amines is 1. The van der Waals surface area contributed by atoms with Crippen LogP contribution in [-0.4, -0.2) is 49.7 Å². The van der Waals surface area contributed by atoms with Crippen molar-refractivity contribution in [2.75, 3.05) is 6.54 Å². The van der Waals surface area contributed by atoms with Crippen LogP contribution in [0, 0.1) is 0 Å². The third kappa shape index (κ3) is 3.61. The van der Waals surface area contributed by atoms with Crippen molar-refractivity contribution in [2.45, 2.75) is 38.1 Å². The second-order valence-corrected chi connectivity index (χ2v) is 6.00. The number of carboxylic acid groups (broad SMARTS) is 1. The van der Waals surface area contributed by atoms with E-state index in [0.717, 1.165) is 24.8 Å². The molecular weight excluding hydrogens is 308 g/mol. The molecule has 1 saturated heterocycles. The Morgan fingerprint density at radius 2 is 2.21 bits per heavy atom. The van der Waals surface area contributed by atoms with Crippen molar-refractivity contribution in [3.8, 4) is 11.4 Å². The summed E-state index contributed by atoms with van der Waals surface area (Å²) in [4.78, 5) is 29.7. The van der Waals surface area contributed by atoms with E-state index in [4.69, 9.17) is 5.11 Å². The number of likely N-dealkylation sites (tertiary alicyclic amines) is 1. The van der Waals surface area contributed by atoms with Crippen molar-refractivity contribution >= 4 is 11.9 Å². The zero-order chi connectivity index (χ0) is 16.9. The summed E-state index contributed by atoms with van der Waals surface area (Å²) in [6.45, 7) is 0.676. The number of aromatic nitrogens is 3. The maximum Gasteiger partial charge on any atom is 0.303 e. The highest BCUT2D eigenvalue weighted by atomic mass is 16.4. The molecule has 126 valence electrons. The van der Waals surface area contributed by atoms with Gasteiger partial charge >= 0.3 is 5.97 Å². The van der Waals surface area contributed by atoms with Crippen LogP contribution >= 0.6 is 0 Å². The summed E-state index contributed by atoms with van der Waals surface area (Å²) in [6, 6.07) is 7.27. The topological polar surface area (TPSA) is 99.2 Å². The summed E-state index contributed by atoms with van der Waals surface area (Å²) in [7, 11) is 0. The third-order valence-electron chi connectivity index (χ3n) is 4.38. The quantitative estimate of drug-likeness (QED) is 0.877. The van der Waals surface area contributed by atoms with Crippen LogP contribution in [0.5, 0.6) is 0 Å². The Balaban J connectivity index is 1.79. The average molecular weight is 328 g/mol. The minimum absolute atomic E-state index is 0.00344. The van der Waals surface area contributed by atoms with Crippen LogP contribution in [0.1, 0.15) is 42.5 Å². The molecule has 1 amide bonds. The molecule has 1 aliphatic heterocycles. The lowest BCUT2D eigenvalue weighted by atomic mass is 9.96. The summed E-state index contributed by atoms with van der Waals surface area (Å²) in [5.74, 6) is -0.252. The number of benzene rings is 1. The number of hydrogen-bond acceptors (Lipinski definition) is 4. The van der Waals surface area contributed by atoms with E-state index in [0.29, 0.717) is 24.4 Å². The summed E-state index contributed by atoms with van der Waals surface area (Å²) in [6.07, 6.45) is 4.87. The Hall–Kier alpha value is -2.70. The van der Waals surface area contributed by atoms with E-state index in [1.165, 1.54) is 6.33 Å². The molecule has 1 aliphatic rings. The van der Waals surface area contributed by atoms with Crippen molar-refractivity contribution in [3.63, 3.8) is 0 Å². The SMILES string of the molecule is O=C(O)CCC1CCCCN1C(=O)c1cccc(-c2ncn[nH]2)c1. The van der Waals surface area contributed by atoms with Crippen LogP contribution in [0.3, 0.4) is 0 Å². The van der Waals surface area contributed by atoms with Gasteiger partial charge in [0.15, 0.2) is 5.82 Å². The number of amides is 1. The molecule has 0 spiro atoms. The number of carbonyl (C=O) groups is 2. The maximum absolute atomic E-state index is 12.9. The van der Waals surface area contributed by atoms with E-state index in [9.17, 15) is 9.59 Å². The molecule has 2 aromatic rings. The molecular formula is C17H20N4O3. The Bertz CT molecular complexity index is 714. The fourth-order valence-electron chi connectivity index (χ4n) is 3.17. The normalized spacial score (nSPS) is 17.7. The van der Waals surface area contributed by atoms with Gasteiger partial charge in [0, 0.05) is 30.1 Å². The van der Waals surface area contributed by atoms with E-state index in [2.05, 4.69) is 15.2 Å². The number of aliphatic carboxylic acids is 1. The van der Waals surface area contributed by atoms with Gasteiger partial charge in [0.1, 0.15) is 6.33 Å². The van der Waals surface area contributed by atoms with Crippen molar-refractivity contribution in [1.29, 1.82) is 0 Å². The van der Waals surface area contributed by atoms with E-state index >= 15 is 0 Å². The Morgan fingerprint density at radius 1 is 1.33 bits per heavy atom. The number of hydrogen-bond donors (Lipinski definition) is 2. The van der Waals surface area contributed by atoms with Gasteiger partial charge in [-0.15, -0.1) is 0 Å². The van der Waals surface area contributed by atoms with Gasteiger partial charge < -0.3 is 10.0 Å². The van der Waals surface area contributed by atoms with Crippen LogP contribution in [0.15, 0.2) is 30.6 Å². The Morgan fingerprint density at radius 3 is 2.96 bits per heavy atom. The Kier molecular flexibility index (Phi) is 4.88. The highest BCUT2D eigenvalue weighted by Gasteiger charge is 2.28. The third-order valence-corrected chi connectivity index (χ3v) is 4.38. The first-order chi connectivity index (χ1) is 11.6. The maximum atomic E-state index is 12.9. The minimum Gasteiger partial charge on any atom is -0.481 e. The fourth-order valence-corrected chi connectivity index (χ4v) is 3.17. The fraction of sp³-hybridized carbons (Fsp3) is 0.412. The molecule has 0 radical (unpaired) electrons. The second kappa shape index (κ2) is 7.25. The molecule has 2 heterocycles. The van der Waals surface area contributed by atoms with Gasteiger partial charge in [0.2, 0.25) is 0 Å². The molecule has 0 saturated carbocycles. The molecule has 3 rings (SSSR count). The lowest BCUT2D eigenvalue weighted by Gasteiger charge is -2.35. The summed E-state index contributed by atoms with van der Waals surface area (Å²) < 4.78 is 0. The van der Waals surface area contributed by atoms with E-state index < -0.39 is 5.97 Å². The number of nitrogens with one attached hydrogen (secondary N) is 1. The van der Waals surface area contributed by atoms with E-state index in [1.807, 2.05) is 17.0 Å². The number of nitrogens with zero attached hydrogens (tertiary/aromatic N) is 3. The first-order valence-corrected chi connectivity index (χ1v) is 8.13. The van der Waals surface area contributed by atoms with E-state index in [1.54, 1.807) is 12.1 Å². The number of H-pyrrole nitrogens is 1. The lowest BCUT2D eigenvalue weighted by molar-refractivity contribution is -0.137. The molecule has 1 fully saturated rings. The van der Waals surface area contributed by atoms with Gasteiger partial charge in [0.05, 0.1) is 0 Å². The molecule has 7 heteroatoms. The molecule has 1 atom stereocenters. The summed E-state index contributed by atoms with van der Waals surface area (Å²) in [5, 5.41) is 15.5. The summed E-state index contributed by atoms with van der Waals surface area (Å²) in [5.41, 5.74) is 1.39. The number of carbonyl (C=O) groups excluding carboxylic acids is 1. The van der Waals surface area contributed by atoms with Crippen LogP contribution < -0.4 is 0 Å². The molecule has 0 bridgehead atoms. The van der Waals surface area contributed by atoms with Crippen LogP contribution in [0.25, 0.3) is 11.4 Å². The molecule has 7 nitrogen and oxygen atoms in total. The van der Waals surface area contributed by atoms with Crippen molar-refractivity contribution in [1.82, 2.24) is 20.1 Å². The van der Waals surface area contributed by atoms with Crippen LogP contribution in [0.2, 0.25) is 0 Å². The highest BCUT2D eigenvalue weighted by molar-refractivity contribution is 5.95. The first kappa shape index (κ1) is 16.2. The van der Waals surface area contributed by atoms with Crippen molar-refractivity contribution in [2.24, 2.45) is 0 Å². The second-order valence-electron chi connectivity index (χ2n) is 6.00. The predicted molar refractivity (Wildman–Crippen MR) is 87.4 cm³/mol. The smallest absolute Gasteiger partial charge is 0.303 e. The average Bonchev–Trinajstić information content (AvgIpc) is 3.14. The zero-order valence-corrected chi connectivity index (χ0v) is 13.3. The molecule has 2 N–H and O–H groups in total. The summed E-state index contributed by atoms with van der Waals surface area (Å²) >= 11 is 0. The molecule has 0 aliphatic carbocycles. The monoisotopic (exact) mass is 328 g/mol. The molecule has 1 aromatic carbocycles. The van der Waals surface area contributed by atoms with Gasteiger partial charge in [0.25, 0.3) is 5.91 Å². The molecule has 1 unspecified atom stereocenters. The molecule has 1 aromatic heterocycles. The highest BCUT2D eigenvalue weighted by Crippen LogP contribution is 2.24. The van der Waals surface area contributed by atoms with Crippen LogP contribution in [-0.2, 0) is 4.79 Å². The van der Waals surface area contributed by atoms with Gasteiger partial charge in [-0.2, -0.15) is 5.10 Å². The van der Waals surface area contributed by atoms with Crippen molar-refractivity contribution < 1.29 is 14.7 Å². The molecule has 24 heavy (non-hydrogen) atoms. The standard InChI is InChI=1S/C17H20N4O3/c22-15(23)8-7-14-6-1-2-9-21(14)17(24)13-5-3-4-12(10-13)16-18-11-19-20-16/h3-5,10-11,14H,1-2,6-9H2,(H,22,23)(H,18,19,20). The largest absolute Gasteiger partial charge is 0.481 e. The van der Waals surface area contributed by atoms with Gasteiger partial charge in [-0.1, -0.05) is 12.1 Å². The number of piperidine rings is 1. The zero-order valence-electron chi connectivity index (χ0n) is 13.3. The van der Waals surface area contributed by atoms with Gasteiger partial charge in [-0.05, 0) is 37.8 Å². The number of rotatable bonds is 5. The predicted octanol–water partition coefficient (Wildman–Crippen LogP) is 2.33. The lowest BCUT2D eigenvalue weighted by Crippen LogP contribution is -2.44. The number of carboxylic acids is 1. The minimum atomic E-state index is -0.819. The first-order valence-electron chi connectivity index (χ1n) is 8.13. The van der Waals surface area contributed by atoms with Crippen LogP contribution in [0.4, 0.5) is 0 Å². The Labute approximate surface area is 139 Å². The van der Waals surface area contributed by atoms with Crippen molar-refractivity contribution in [3.05, 3.63) is 36.2 Å². The van der Waals surface area contributed by atoms with Gasteiger partial charge in [-0.25, -0.2) is 4.98 Å². The van der Waals surface area contributed by atoms with Gasteiger partial charge in [-0.3, -0.25) is 14.7 Å². The van der Waals surface area contributed by atoms with E-state index in [-0.39, 0.29) is 18.4 Å².